The lowest BCUT2D eigenvalue weighted by Gasteiger charge is -2.35. The minimum atomic E-state index is -0.641. The number of hydrogen-bond acceptors (Lipinski definition) is 1. The Balaban J connectivity index is 2.22. The van der Waals surface area contributed by atoms with Crippen LogP contribution in [0.2, 0.25) is 5.02 Å². The summed E-state index contributed by atoms with van der Waals surface area (Å²) in [5.74, 6) is 0.740. The fourth-order valence-corrected chi connectivity index (χ4v) is 2.50. The smallest absolute Gasteiger partial charge is 0.0897 e. The highest BCUT2D eigenvalue weighted by Crippen LogP contribution is 2.39. The van der Waals surface area contributed by atoms with Gasteiger partial charge in [-0.25, -0.2) is 0 Å². The predicted octanol–water partition coefficient (Wildman–Crippen LogP) is 3.74. The molecule has 0 saturated heterocycles. The normalized spacial score (nSPS) is 31.5. The summed E-state index contributed by atoms with van der Waals surface area (Å²) in [6.45, 7) is 2.25. The third kappa shape index (κ3) is 2.35. The molecule has 1 N–H and O–H groups in total. The summed E-state index contributed by atoms with van der Waals surface area (Å²) in [5, 5.41) is 11.2. The molecule has 1 aromatic rings. The summed E-state index contributed by atoms with van der Waals surface area (Å²) in [7, 11) is 0. The maximum Gasteiger partial charge on any atom is 0.0897 e. The number of rotatable bonds is 1. The van der Waals surface area contributed by atoms with Crippen LogP contribution in [-0.4, -0.2) is 5.11 Å². The highest BCUT2D eigenvalue weighted by atomic mass is 35.5. The standard InChI is InChI=1S/C13H17ClO/c1-10-5-7-13(15,8-6-10)11-3-2-4-12(14)9-11/h2-4,9-10,15H,5-8H2,1H3. The molecule has 2 rings (SSSR count). The van der Waals surface area contributed by atoms with Crippen molar-refractivity contribution in [1.82, 2.24) is 0 Å². The third-order valence-electron chi connectivity index (χ3n) is 3.46. The molecule has 1 aliphatic carbocycles. The van der Waals surface area contributed by atoms with Gasteiger partial charge in [-0.1, -0.05) is 30.7 Å². The summed E-state index contributed by atoms with van der Waals surface area (Å²) in [5.41, 5.74) is 0.333. The van der Waals surface area contributed by atoms with Crippen molar-refractivity contribution in [3.63, 3.8) is 0 Å². The monoisotopic (exact) mass is 224 g/mol. The molecule has 1 fully saturated rings. The number of benzene rings is 1. The van der Waals surface area contributed by atoms with Crippen LogP contribution in [0, 0.1) is 5.92 Å². The van der Waals surface area contributed by atoms with Crippen molar-refractivity contribution in [3.8, 4) is 0 Å². The van der Waals surface area contributed by atoms with E-state index in [0.29, 0.717) is 5.02 Å². The topological polar surface area (TPSA) is 20.2 Å². The molecule has 0 amide bonds. The fraction of sp³-hybridized carbons (Fsp3) is 0.538. The Hall–Kier alpha value is -0.530. The van der Waals surface area contributed by atoms with E-state index in [2.05, 4.69) is 6.92 Å². The first-order valence-corrected chi connectivity index (χ1v) is 5.96. The zero-order valence-electron chi connectivity index (χ0n) is 9.04. The molecule has 1 aliphatic rings. The lowest BCUT2D eigenvalue weighted by atomic mass is 9.76. The van der Waals surface area contributed by atoms with E-state index < -0.39 is 5.60 Å². The lowest BCUT2D eigenvalue weighted by Crippen LogP contribution is -2.30. The third-order valence-corrected chi connectivity index (χ3v) is 3.70. The Labute approximate surface area is 96.1 Å². The van der Waals surface area contributed by atoms with Gasteiger partial charge in [0.1, 0.15) is 0 Å². The molecule has 0 spiro atoms. The first kappa shape index (κ1) is 11.0. The van der Waals surface area contributed by atoms with Gasteiger partial charge < -0.3 is 5.11 Å². The van der Waals surface area contributed by atoms with Gasteiger partial charge >= 0.3 is 0 Å². The largest absolute Gasteiger partial charge is 0.385 e. The summed E-state index contributed by atoms with van der Waals surface area (Å²) in [6.07, 6.45) is 3.91. The number of halogens is 1. The van der Waals surface area contributed by atoms with Gasteiger partial charge in [0.15, 0.2) is 0 Å². The van der Waals surface area contributed by atoms with Crippen LogP contribution in [-0.2, 0) is 5.60 Å². The lowest BCUT2D eigenvalue weighted by molar-refractivity contribution is -0.0120. The molecule has 0 radical (unpaired) electrons. The molecule has 0 aromatic heterocycles. The van der Waals surface area contributed by atoms with Crippen LogP contribution in [0.25, 0.3) is 0 Å². The predicted molar refractivity (Wildman–Crippen MR) is 63.0 cm³/mol. The quantitative estimate of drug-likeness (QED) is 0.771. The molecule has 1 aromatic carbocycles. The van der Waals surface area contributed by atoms with Crippen LogP contribution in [0.1, 0.15) is 38.2 Å². The molecule has 2 heteroatoms. The SMILES string of the molecule is CC1CCC(O)(c2cccc(Cl)c2)CC1. The second kappa shape index (κ2) is 4.15. The van der Waals surface area contributed by atoms with Crippen LogP contribution in [0.15, 0.2) is 24.3 Å². The molecule has 1 saturated carbocycles. The van der Waals surface area contributed by atoms with Gasteiger partial charge in [-0.15, -0.1) is 0 Å². The van der Waals surface area contributed by atoms with Gasteiger partial charge in [0.2, 0.25) is 0 Å². The molecular formula is C13H17ClO. The van der Waals surface area contributed by atoms with Crippen molar-refractivity contribution >= 4 is 11.6 Å². The van der Waals surface area contributed by atoms with E-state index in [-0.39, 0.29) is 0 Å². The zero-order chi connectivity index (χ0) is 10.9. The van der Waals surface area contributed by atoms with Gasteiger partial charge in [-0.05, 0) is 49.3 Å². The molecule has 0 bridgehead atoms. The first-order chi connectivity index (χ1) is 7.10. The van der Waals surface area contributed by atoms with Crippen LogP contribution in [0.5, 0.6) is 0 Å². The van der Waals surface area contributed by atoms with E-state index in [0.717, 1.165) is 37.2 Å². The van der Waals surface area contributed by atoms with Gasteiger partial charge in [0.25, 0.3) is 0 Å². The highest BCUT2D eigenvalue weighted by molar-refractivity contribution is 6.30. The van der Waals surface area contributed by atoms with Gasteiger partial charge in [0.05, 0.1) is 5.60 Å². The van der Waals surface area contributed by atoms with E-state index in [9.17, 15) is 5.11 Å². The Bertz CT molecular complexity index is 340. The van der Waals surface area contributed by atoms with Crippen LogP contribution in [0.3, 0.4) is 0 Å². The second-order valence-corrected chi connectivity index (χ2v) is 5.16. The molecule has 1 nitrogen and oxygen atoms in total. The van der Waals surface area contributed by atoms with E-state index in [4.69, 9.17) is 11.6 Å². The van der Waals surface area contributed by atoms with E-state index >= 15 is 0 Å². The van der Waals surface area contributed by atoms with Crippen molar-refractivity contribution in [2.45, 2.75) is 38.2 Å². The molecule has 0 atom stereocenters. The maximum absolute atomic E-state index is 10.5. The van der Waals surface area contributed by atoms with Crippen molar-refractivity contribution in [3.05, 3.63) is 34.9 Å². The van der Waals surface area contributed by atoms with E-state index in [1.807, 2.05) is 24.3 Å². The Kier molecular flexibility index (Phi) is 3.03. The number of hydrogen-bond donors (Lipinski definition) is 1. The van der Waals surface area contributed by atoms with Gasteiger partial charge in [0, 0.05) is 5.02 Å². The molecule has 0 unspecified atom stereocenters. The van der Waals surface area contributed by atoms with Crippen LogP contribution >= 0.6 is 11.6 Å². The minimum Gasteiger partial charge on any atom is -0.385 e. The summed E-state index contributed by atoms with van der Waals surface area (Å²) < 4.78 is 0. The van der Waals surface area contributed by atoms with E-state index in [1.165, 1.54) is 0 Å². The maximum atomic E-state index is 10.5. The average Bonchev–Trinajstić information content (AvgIpc) is 2.23. The number of aliphatic hydroxyl groups is 1. The van der Waals surface area contributed by atoms with Crippen molar-refractivity contribution in [2.24, 2.45) is 5.92 Å². The minimum absolute atomic E-state index is 0.641. The Morgan fingerprint density at radius 3 is 2.60 bits per heavy atom. The van der Waals surface area contributed by atoms with Crippen LogP contribution < -0.4 is 0 Å². The van der Waals surface area contributed by atoms with Crippen molar-refractivity contribution in [2.75, 3.05) is 0 Å². The average molecular weight is 225 g/mol. The molecule has 0 heterocycles. The zero-order valence-corrected chi connectivity index (χ0v) is 9.80. The van der Waals surface area contributed by atoms with Crippen molar-refractivity contribution in [1.29, 1.82) is 0 Å². The van der Waals surface area contributed by atoms with Gasteiger partial charge in [-0.3, -0.25) is 0 Å². The Morgan fingerprint density at radius 2 is 2.00 bits per heavy atom. The second-order valence-electron chi connectivity index (χ2n) is 4.72. The summed E-state index contributed by atoms with van der Waals surface area (Å²) in [6, 6.07) is 7.62. The molecule has 15 heavy (non-hydrogen) atoms. The van der Waals surface area contributed by atoms with Crippen molar-refractivity contribution < 1.29 is 5.11 Å². The molecule has 0 aliphatic heterocycles. The first-order valence-electron chi connectivity index (χ1n) is 5.58. The Morgan fingerprint density at radius 1 is 1.33 bits per heavy atom. The fourth-order valence-electron chi connectivity index (χ4n) is 2.31. The highest BCUT2D eigenvalue weighted by Gasteiger charge is 2.33. The molecule has 82 valence electrons. The van der Waals surface area contributed by atoms with Crippen LogP contribution in [0.4, 0.5) is 0 Å². The van der Waals surface area contributed by atoms with E-state index in [1.54, 1.807) is 0 Å². The summed E-state index contributed by atoms with van der Waals surface area (Å²) >= 11 is 5.94. The van der Waals surface area contributed by atoms with Gasteiger partial charge in [-0.2, -0.15) is 0 Å². The summed E-state index contributed by atoms with van der Waals surface area (Å²) in [4.78, 5) is 0. The molecular weight excluding hydrogens is 208 g/mol.